The predicted molar refractivity (Wildman–Crippen MR) is 274 cm³/mol. The Balaban J connectivity index is 1.26. The normalized spacial score (nSPS) is 21.0. The smallest absolute Gasteiger partial charge is 0.261 e. The first-order chi connectivity index (χ1) is 31.4. The summed E-state index contributed by atoms with van der Waals surface area (Å²) in [5.41, 5.74) is 3.52. The fourth-order valence-corrected chi connectivity index (χ4v) is 15.7. The third-order valence-electron chi connectivity index (χ3n) is 14.0. The van der Waals surface area contributed by atoms with E-state index in [4.69, 9.17) is 28.4 Å². The molecule has 6 rings (SSSR count). The number of carbonyl (C=O) groups excluding carboxylic acids is 1. The predicted octanol–water partition coefficient (Wildman–Crippen LogP) is 12.5. The van der Waals surface area contributed by atoms with Crippen LogP contribution in [0.4, 0.5) is 0 Å². The van der Waals surface area contributed by atoms with Crippen molar-refractivity contribution < 1.29 is 28.2 Å². The summed E-state index contributed by atoms with van der Waals surface area (Å²) in [6.07, 6.45) is 9.25. The number of Topliss-reactive ketones (excluding diaryl/α,β-unsaturated/α-hetero) is 1. The van der Waals surface area contributed by atoms with Crippen molar-refractivity contribution in [1.82, 2.24) is 4.98 Å². The summed E-state index contributed by atoms with van der Waals surface area (Å²) in [4.78, 5) is 20.8. The molecule has 0 aliphatic carbocycles. The fourth-order valence-electron chi connectivity index (χ4n) is 10.3. The van der Waals surface area contributed by atoms with Crippen LogP contribution >= 0.6 is 11.3 Å². The van der Waals surface area contributed by atoms with E-state index >= 15 is 4.79 Å². The standard InChI is InChI=1S/C57H79NO6SSi/c1-41(2)50(64-66(55(6,7)8,47-28-17-13-18-29-47)48-30-19-14-20-31-48)34-33-42(3)24-23-25-43(4)53(62-52-32-21-22-36-60-52)49(38-45-26-15-12-16-27-45)54(59)57(11,39-46-40-65-44(5)58-46)51-35-37-61-56(9,10)63-51/h12-20,26-31,33,40,43,49-53H,1,21-25,32,34-39H2,2-11H3/t43-,49?,50-,51-,52?,53-,57?/m0/s1. The summed E-state index contributed by atoms with van der Waals surface area (Å²) >= 11 is 1.62. The van der Waals surface area contributed by atoms with E-state index in [1.54, 1.807) is 11.3 Å². The number of rotatable bonds is 22. The molecule has 0 saturated carbocycles. The van der Waals surface area contributed by atoms with Gasteiger partial charge in [-0.2, -0.15) is 0 Å². The van der Waals surface area contributed by atoms with Crippen molar-refractivity contribution in [2.45, 2.75) is 169 Å². The number of benzene rings is 3. The highest BCUT2D eigenvalue weighted by Crippen LogP contribution is 2.43. The van der Waals surface area contributed by atoms with Gasteiger partial charge in [-0.1, -0.05) is 142 Å². The highest BCUT2D eigenvalue weighted by molar-refractivity contribution is 7.09. The largest absolute Gasteiger partial charge is 0.401 e. The van der Waals surface area contributed by atoms with Crippen molar-refractivity contribution in [3.05, 3.63) is 136 Å². The van der Waals surface area contributed by atoms with E-state index in [1.165, 1.54) is 15.9 Å². The lowest BCUT2D eigenvalue weighted by Crippen LogP contribution is -2.67. The monoisotopic (exact) mass is 934 g/mol. The van der Waals surface area contributed by atoms with Crippen LogP contribution in [0.25, 0.3) is 0 Å². The van der Waals surface area contributed by atoms with Gasteiger partial charge in [0.2, 0.25) is 0 Å². The van der Waals surface area contributed by atoms with Gasteiger partial charge in [-0.25, -0.2) is 4.98 Å². The van der Waals surface area contributed by atoms with Crippen LogP contribution in [0, 0.1) is 24.2 Å². The zero-order valence-corrected chi connectivity index (χ0v) is 43.6. The first-order valence-electron chi connectivity index (χ1n) is 24.6. The number of ketones is 1. The Morgan fingerprint density at radius 1 is 0.939 bits per heavy atom. The van der Waals surface area contributed by atoms with Crippen LogP contribution in [0.2, 0.25) is 5.04 Å². The zero-order valence-electron chi connectivity index (χ0n) is 41.8. The number of nitrogens with zero attached hydrogens (tertiary/aromatic N) is 1. The molecule has 358 valence electrons. The van der Waals surface area contributed by atoms with Gasteiger partial charge >= 0.3 is 0 Å². The Morgan fingerprint density at radius 2 is 1.58 bits per heavy atom. The minimum Gasteiger partial charge on any atom is -0.401 e. The van der Waals surface area contributed by atoms with Gasteiger partial charge in [-0.05, 0) is 126 Å². The summed E-state index contributed by atoms with van der Waals surface area (Å²) in [6, 6.07) is 32.2. The van der Waals surface area contributed by atoms with E-state index in [0.717, 1.165) is 66.8 Å². The third-order valence-corrected chi connectivity index (χ3v) is 19.8. The molecule has 0 spiro atoms. The molecule has 4 aromatic rings. The second-order valence-corrected chi connectivity index (χ2v) is 26.2. The molecular formula is C57H79NO6SSi. The molecule has 3 aromatic carbocycles. The first kappa shape index (κ1) is 51.8. The van der Waals surface area contributed by atoms with Crippen LogP contribution in [0.1, 0.15) is 130 Å². The molecule has 0 radical (unpaired) electrons. The summed E-state index contributed by atoms with van der Waals surface area (Å²) < 4.78 is 33.7. The lowest BCUT2D eigenvalue weighted by atomic mass is 9.67. The molecule has 7 atom stereocenters. The minimum atomic E-state index is -2.78. The van der Waals surface area contributed by atoms with Crippen LogP contribution < -0.4 is 10.4 Å². The van der Waals surface area contributed by atoms with Crippen LogP contribution in [-0.4, -0.2) is 62.7 Å². The quantitative estimate of drug-likeness (QED) is 0.0574. The molecule has 9 heteroatoms. The number of aryl methyl sites for hydroxylation is 1. The second-order valence-electron chi connectivity index (χ2n) is 20.9. The van der Waals surface area contributed by atoms with Gasteiger partial charge in [0.1, 0.15) is 5.78 Å². The zero-order chi connectivity index (χ0) is 47.5. The van der Waals surface area contributed by atoms with Crippen molar-refractivity contribution in [3.63, 3.8) is 0 Å². The molecule has 0 amide bonds. The summed E-state index contributed by atoms with van der Waals surface area (Å²) in [5.74, 6) is -1.02. The number of carbonyl (C=O) groups is 1. The molecule has 2 fully saturated rings. The number of hydrogen-bond donors (Lipinski definition) is 0. The molecule has 0 N–H and O–H groups in total. The number of ether oxygens (including phenoxy) is 4. The number of allylic oxidation sites excluding steroid dienone is 1. The van der Waals surface area contributed by atoms with Gasteiger partial charge in [-0.3, -0.25) is 4.79 Å². The second kappa shape index (κ2) is 23.2. The molecule has 3 unspecified atom stereocenters. The first-order valence-corrected chi connectivity index (χ1v) is 27.4. The summed E-state index contributed by atoms with van der Waals surface area (Å²) in [7, 11) is -2.78. The van der Waals surface area contributed by atoms with Gasteiger partial charge in [0.15, 0.2) is 12.1 Å². The average molecular weight is 934 g/mol. The van der Waals surface area contributed by atoms with Gasteiger partial charge in [0, 0.05) is 24.3 Å². The number of aromatic nitrogens is 1. The minimum absolute atomic E-state index is 0.0699. The van der Waals surface area contributed by atoms with E-state index in [-0.39, 0.29) is 41.3 Å². The Morgan fingerprint density at radius 3 is 2.12 bits per heavy atom. The van der Waals surface area contributed by atoms with Crippen LogP contribution in [0.3, 0.4) is 0 Å². The molecule has 1 aromatic heterocycles. The van der Waals surface area contributed by atoms with E-state index in [0.29, 0.717) is 32.5 Å². The topological polar surface area (TPSA) is 76.1 Å². The molecule has 66 heavy (non-hydrogen) atoms. The van der Waals surface area contributed by atoms with Gasteiger partial charge < -0.3 is 23.4 Å². The van der Waals surface area contributed by atoms with Gasteiger partial charge in [0.25, 0.3) is 8.32 Å². The molecule has 0 bridgehead atoms. The van der Waals surface area contributed by atoms with Crippen molar-refractivity contribution in [2.24, 2.45) is 17.3 Å². The Labute approximate surface area is 402 Å². The SMILES string of the molecule is C=C(C)[C@H](CC=C(C)CCC[C@H](C)[C@H](OC1CCCCO1)C(Cc1ccccc1)C(=O)C(C)(Cc1csc(C)n1)[C@@H]1CCOC(C)(C)O1)O[Si](c1ccccc1)(c1ccccc1)C(C)(C)C. The molecule has 7 nitrogen and oxygen atoms in total. The fraction of sp³-hybridized carbons (Fsp3) is 0.544. The van der Waals surface area contributed by atoms with Crippen molar-refractivity contribution in [3.8, 4) is 0 Å². The number of thiazole rings is 1. The van der Waals surface area contributed by atoms with Crippen LogP contribution in [0.15, 0.2) is 120 Å². The Hall–Kier alpha value is -3.54. The molecule has 2 saturated heterocycles. The average Bonchev–Trinajstić information content (AvgIpc) is 3.71. The summed E-state index contributed by atoms with van der Waals surface area (Å²) in [5, 5.41) is 5.49. The molecule has 2 aliphatic rings. The van der Waals surface area contributed by atoms with Crippen molar-refractivity contribution in [2.75, 3.05) is 13.2 Å². The van der Waals surface area contributed by atoms with Crippen molar-refractivity contribution >= 4 is 35.8 Å². The van der Waals surface area contributed by atoms with Gasteiger partial charge in [0.05, 0.1) is 41.0 Å². The highest BCUT2D eigenvalue weighted by Gasteiger charge is 2.53. The van der Waals surface area contributed by atoms with Crippen LogP contribution in [0.5, 0.6) is 0 Å². The maximum absolute atomic E-state index is 15.9. The number of hydrogen-bond acceptors (Lipinski definition) is 8. The molecule has 3 heterocycles. The molecule has 2 aliphatic heterocycles. The Kier molecular flexibility index (Phi) is 18.2. The lowest BCUT2D eigenvalue weighted by Gasteiger charge is -2.46. The Bertz CT molecular complexity index is 2120. The van der Waals surface area contributed by atoms with E-state index in [1.807, 2.05) is 26.8 Å². The highest BCUT2D eigenvalue weighted by atomic mass is 32.1. The molecular weight excluding hydrogens is 855 g/mol. The third kappa shape index (κ3) is 13.2. The van der Waals surface area contributed by atoms with Gasteiger partial charge in [-0.15, -0.1) is 11.3 Å². The van der Waals surface area contributed by atoms with Crippen LogP contribution in [-0.2, 0) is 41.0 Å². The van der Waals surface area contributed by atoms with E-state index < -0.39 is 25.4 Å². The maximum atomic E-state index is 15.9. The van der Waals surface area contributed by atoms with Crippen molar-refractivity contribution in [1.29, 1.82) is 0 Å². The maximum Gasteiger partial charge on any atom is 0.261 e. The lowest BCUT2D eigenvalue weighted by molar-refractivity contribution is -0.291. The van der Waals surface area contributed by atoms with E-state index in [9.17, 15) is 0 Å². The van der Waals surface area contributed by atoms with E-state index in [2.05, 4.69) is 151 Å². The summed E-state index contributed by atoms with van der Waals surface area (Å²) in [6.45, 7) is 27.3.